The predicted molar refractivity (Wildman–Crippen MR) is 318 cm³/mol. The van der Waals surface area contributed by atoms with E-state index < -0.39 is 0 Å². The lowest BCUT2D eigenvalue weighted by Gasteiger charge is -2.21. The Labute approximate surface area is 440 Å². The number of nitrogens with zero attached hydrogens (tertiary/aromatic N) is 4. The molecule has 0 fully saturated rings. The SMILES string of the molecule is c1ccc(-c2ccc3c(c2)c2cc(-c4ccccc4)ccc2n3-c2c(-c3ccccc3)cc(-c3nc(-c4ccc5c(c4)sc4ccccc45)nc(-c4cccc5sc6ccccc6c45)n3)cc2-c2ccccc2)cc1. The van der Waals surface area contributed by atoms with Crippen molar-refractivity contribution in [2.75, 3.05) is 0 Å². The highest BCUT2D eigenvalue weighted by Crippen LogP contribution is 2.46. The normalized spacial score (nSPS) is 11.7. The van der Waals surface area contributed by atoms with Crippen LogP contribution in [-0.2, 0) is 0 Å². The van der Waals surface area contributed by atoms with E-state index in [9.17, 15) is 0 Å². The van der Waals surface area contributed by atoms with E-state index in [2.05, 4.69) is 259 Å². The first kappa shape index (κ1) is 43.3. The Morgan fingerprint density at radius 2 is 0.707 bits per heavy atom. The maximum atomic E-state index is 5.55. The van der Waals surface area contributed by atoms with Crippen molar-refractivity contribution in [3.05, 3.63) is 255 Å². The van der Waals surface area contributed by atoms with Crippen LogP contribution in [0.1, 0.15) is 0 Å². The summed E-state index contributed by atoms with van der Waals surface area (Å²) < 4.78 is 7.39. The van der Waals surface area contributed by atoms with Crippen LogP contribution < -0.4 is 0 Å². The van der Waals surface area contributed by atoms with Crippen LogP contribution in [0.4, 0.5) is 0 Å². The highest BCUT2D eigenvalue weighted by Gasteiger charge is 2.25. The van der Waals surface area contributed by atoms with Gasteiger partial charge in [0.05, 0.1) is 16.7 Å². The van der Waals surface area contributed by atoms with Gasteiger partial charge < -0.3 is 4.57 Å². The molecule has 0 bridgehead atoms. The first-order valence-electron chi connectivity index (χ1n) is 25.2. The Hall–Kier alpha value is -9.33. The van der Waals surface area contributed by atoms with Gasteiger partial charge in [-0.3, -0.25) is 0 Å². The number of rotatable bonds is 8. The molecule has 11 aromatic carbocycles. The summed E-state index contributed by atoms with van der Waals surface area (Å²) >= 11 is 3.61. The van der Waals surface area contributed by atoms with Gasteiger partial charge in [-0.05, 0) is 94.0 Å². The van der Waals surface area contributed by atoms with Crippen LogP contribution in [0.15, 0.2) is 255 Å². The van der Waals surface area contributed by atoms with Gasteiger partial charge in [-0.15, -0.1) is 22.7 Å². The highest BCUT2D eigenvalue weighted by atomic mass is 32.1. The third-order valence-corrected chi connectivity index (χ3v) is 16.9. The largest absolute Gasteiger partial charge is 0.308 e. The second kappa shape index (κ2) is 17.7. The van der Waals surface area contributed by atoms with Crippen molar-refractivity contribution in [2.45, 2.75) is 0 Å². The van der Waals surface area contributed by atoms with Gasteiger partial charge >= 0.3 is 0 Å². The van der Waals surface area contributed by atoms with Gasteiger partial charge in [0.25, 0.3) is 0 Å². The molecule has 0 amide bonds. The lowest BCUT2D eigenvalue weighted by atomic mass is 9.92. The predicted octanol–water partition coefficient (Wildman–Crippen LogP) is 19.4. The average Bonchev–Trinajstić information content (AvgIpc) is 4.16. The van der Waals surface area contributed by atoms with Gasteiger partial charge in [0.1, 0.15) is 0 Å². The average molecular weight is 991 g/mol. The molecule has 0 aliphatic heterocycles. The summed E-state index contributed by atoms with van der Waals surface area (Å²) in [7, 11) is 0. The molecule has 0 aliphatic carbocycles. The van der Waals surface area contributed by atoms with Crippen molar-refractivity contribution in [1.82, 2.24) is 19.5 Å². The van der Waals surface area contributed by atoms with Crippen LogP contribution in [0.25, 0.3) is 147 Å². The molecule has 0 saturated carbocycles. The molecule has 0 N–H and O–H groups in total. The molecule has 350 valence electrons. The minimum absolute atomic E-state index is 0.603. The zero-order valence-electron chi connectivity index (χ0n) is 40.4. The Balaban J connectivity index is 1.03. The molecule has 15 rings (SSSR count). The van der Waals surface area contributed by atoms with E-state index in [0.717, 1.165) is 61.1 Å². The molecular weight excluding hydrogens is 949 g/mol. The summed E-state index contributed by atoms with van der Waals surface area (Å²) in [6, 6.07) is 92.0. The molecule has 4 nitrogen and oxygen atoms in total. The van der Waals surface area contributed by atoms with Crippen LogP contribution in [-0.4, -0.2) is 19.5 Å². The van der Waals surface area contributed by atoms with Gasteiger partial charge in [0.15, 0.2) is 17.5 Å². The smallest absolute Gasteiger partial charge is 0.164 e. The Bertz CT molecular complexity index is 4530. The van der Waals surface area contributed by atoms with Gasteiger partial charge in [-0.1, -0.05) is 194 Å². The van der Waals surface area contributed by atoms with Crippen LogP contribution in [0.5, 0.6) is 0 Å². The monoisotopic (exact) mass is 990 g/mol. The minimum atomic E-state index is 0.603. The summed E-state index contributed by atoms with van der Waals surface area (Å²) in [5.41, 5.74) is 15.1. The van der Waals surface area contributed by atoms with Gasteiger partial charge in [0, 0.05) is 78.9 Å². The molecule has 0 spiro atoms. The molecule has 0 saturated heterocycles. The lowest BCUT2D eigenvalue weighted by molar-refractivity contribution is 1.08. The summed E-state index contributed by atoms with van der Waals surface area (Å²) in [6.07, 6.45) is 0. The third kappa shape index (κ3) is 7.37. The number of thiophene rings is 2. The second-order valence-electron chi connectivity index (χ2n) is 19.1. The van der Waals surface area contributed by atoms with Crippen molar-refractivity contribution >= 4 is 84.8 Å². The van der Waals surface area contributed by atoms with Crippen molar-refractivity contribution in [3.8, 4) is 84.4 Å². The van der Waals surface area contributed by atoms with Gasteiger partial charge in [0.2, 0.25) is 0 Å². The van der Waals surface area contributed by atoms with Crippen molar-refractivity contribution in [3.63, 3.8) is 0 Å². The van der Waals surface area contributed by atoms with E-state index in [-0.39, 0.29) is 0 Å². The van der Waals surface area contributed by atoms with E-state index in [1.165, 1.54) is 68.0 Å². The van der Waals surface area contributed by atoms with Gasteiger partial charge in [-0.2, -0.15) is 0 Å². The number of aromatic nitrogens is 4. The fourth-order valence-electron chi connectivity index (χ4n) is 11.1. The molecule has 15 aromatic rings. The zero-order valence-corrected chi connectivity index (χ0v) is 42.0. The van der Waals surface area contributed by atoms with Crippen LogP contribution in [0.3, 0.4) is 0 Å². The molecule has 4 heterocycles. The summed E-state index contributed by atoms with van der Waals surface area (Å²) in [4.78, 5) is 16.5. The quantitative estimate of drug-likeness (QED) is 0.152. The first-order valence-corrected chi connectivity index (χ1v) is 26.9. The maximum Gasteiger partial charge on any atom is 0.164 e. The number of benzene rings is 11. The van der Waals surface area contributed by atoms with E-state index in [0.29, 0.717) is 17.5 Å². The third-order valence-electron chi connectivity index (χ3n) is 14.7. The highest BCUT2D eigenvalue weighted by molar-refractivity contribution is 7.26. The molecule has 75 heavy (non-hydrogen) atoms. The molecule has 0 radical (unpaired) electrons. The fourth-order valence-corrected chi connectivity index (χ4v) is 13.4. The molecule has 0 aliphatic rings. The Morgan fingerprint density at radius 3 is 1.31 bits per heavy atom. The van der Waals surface area contributed by atoms with Gasteiger partial charge in [-0.25, -0.2) is 15.0 Å². The second-order valence-corrected chi connectivity index (χ2v) is 21.2. The summed E-state index contributed by atoms with van der Waals surface area (Å²) in [5, 5.41) is 7.21. The van der Waals surface area contributed by atoms with Crippen LogP contribution in [0.2, 0.25) is 0 Å². The fraction of sp³-hybridized carbons (Fsp3) is 0. The number of hydrogen-bond acceptors (Lipinski definition) is 5. The first-order chi connectivity index (χ1) is 37.2. The zero-order chi connectivity index (χ0) is 49.4. The summed E-state index contributed by atoms with van der Waals surface area (Å²) in [5.74, 6) is 1.87. The Kier molecular flexibility index (Phi) is 10.2. The molecule has 0 unspecified atom stereocenters. The maximum absolute atomic E-state index is 5.55. The van der Waals surface area contributed by atoms with E-state index in [1.54, 1.807) is 22.7 Å². The van der Waals surface area contributed by atoms with E-state index in [1.807, 2.05) is 0 Å². The van der Waals surface area contributed by atoms with E-state index in [4.69, 9.17) is 15.0 Å². The minimum Gasteiger partial charge on any atom is -0.308 e. The molecule has 0 atom stereocenters. The topological polar surface area (TPSA) is 43.6 Å². The number of fused-ring (bicyclic) bond motifs is 9. The number of hydrogen-bond donors (Lipinski definition) is 0. The standard InChI is InChI=1S/C69H42N4S2/c1-5-18-43(19-6-1)47-33-36-59-57(38-47)58-39-48(44-20-7-2-8-21-44)34-37-60(58)73(59)66-55(45-22-9-3-10-23-45)40-50(41-56(66)46-24-11-4-12-25-46)68-70-67(49-32-35-52-51-26-13-15-29-61(51)75-64(52)42-49)71-69(72-68)54-28-17-31-63-65(54)53-27-14-16-30-62(53)74-63/h1-42H. The van der Waals surface area contributed by atoms with Crippen LogP contribution in [0, 0.1) is 0 Å². The molecule has 6 heteroatoms. The Morgan fingerprint density at radius 1 is 0.253 bits per heavy atom. The molecule has 4 aromatic heterocycles. The van der Waals surface area contributed by atoms with Crippen LogP contribution >= 0.6 is 22.7 Å². The van der Waals surface area contributed by atoms with Crippen molar-refractivity contribution in [2.24, 2.45) is 0 Å². The van der Waals surface area contributed by atoms with Crippen molar-refractivity contribution in [1.29, 1.82) is 0 Å². The van der Waals surface area contributed by atoms with E-state index >= 15 is 0 Å². The molecular formula is C69H42N4S2. The van der Waals surface area contributed by atoms with Crippen molar-refractivity contribution < 1.29 is 0 Å². The summed E-state index contributed by atoms with van der Waals surface area (Å²) in [6.45, 7) is 0. The lowest BCUT2D eigenvalue weighted by Crippen LogP contribution is -2.04.